The van der Waals surface area contributed by atoms with Crippen LogP contribution in [0.15, 0.2) is 35.7 Å². The third-order valence-electron chi connectivity index (χ3n) is 4.76. The SMILES string of the molecule is CC(C)=C1Oc2c(ccc3c2C(c2ccnn2C(C)C)CC(=O)O3)C1=O. The van der Waals surface area contributed by atoms with E-state index in [0.717, 1.165) is 16.8 Å². The average Bonchev–Trinajstić information content (AvgIpc) is 3.19. The van der Waals surface area contributed by atoms with Crippen molar-refractivity contribution in [1.29, 1.82) is 0 Å². The van der Waals surface area contributed by atoms with Crippen molar-refractivity contribution in [1.82, 2.24) is 9.78 Å². The van der Waals surface area contributed by atoms with E-state index in [1.165, 1.54) is 0 Å². The van der Waals surface area contributed by atoms with Crippen LogP contribution in [0.25, 0.3) is 0 Å². The van der Waals surface area contributed by atoms with Crippen LogP contribution in [-0.2, 0) is 4.79 Å². The highest BCUT2D eigenvalue weighted by atomic mass is 16.5. The van der Waals surface area contributed by atoms with Gasteiger partial charge >= 0.3 is 5.97 Å². The maximum Gasteiger partial charge on any atom is 0.312 e. The van der Waals surface area contributed by atoms with Gasteiger partial charge in [-0.15, -0.1) is 0 Å². The number of carbonyl (C=O) groups excluding carboxylic acids is 2. The summed E-state index contributed by atoms with van der Waals surface area (Å²) in [6, 6.07) is 5.41. The highest BCUT2D eigenvalue weighted by Gasteiger charge is 2.39. The molecule has 0 saturated heterocycles. The summed E-state index contributed by atoms with van der Waals surface area (Å²) in [5.74, 6) is 0.598. The van der Waals surface area contributed by atoms with Gasteiger partial charge in [-0.25, -0.2) is 0 Å². The van der Waals surface area contributed by atoms with Gasteiger partial charge in [0.05, 0.1) is 12.0 Å². The predicted molar refractivity (Wildman–Crippen MR) is 94.5 cm³/mol. The smallest absolute Gasteiger partial charge is 0.312 e. The summed E-state index contributed by atoms with van der Waals surface area (Å²) in [6.07, 6.45) is 1.91. The average molecular weight is 352 g/mol. The molecule has 2 aliphatic heterocycles. The molecule has 134 valence electrons. The van der Waals surface area contributed by atoms with Crippen LogP contribution in [0.3, 0.4) is 0 Å². The number of Topliss-reactive ketones (excluding diaryl/α,β-unsaturated/α-hetero) is 1. The normalized spacial score (nSPS) is 18.5. The van der Waals surface area contributed by atoms with Crippen LogP contribution in [-0.4, -0.2) is 21.5 Å². The molecule has 26 heavy (non-hydrogen) atoms. The number of hydrogen-bond acceptors (Lipinski definition) is 5. The van der Waals surface area contributed by atoms with E-state index >= 15 is 0 Å². The largest absolute Gasteiger partial charge is 0.452 e. The maximum absolute atomic E-state index is 12.6. The Kier molecular flexibility index (Phi) is 3.72. The van der Waals surface area contributed by atoms with Crippen molar-refractivity contribution >= 4 is 11.8 Å². The molecule has 0 N–H and O–H groups in total. The van der Waals surface area contributed by atoms with E-state index in [0.29, 0.717) is 22.8 Å². The van der Waals surface area contributed by atoms with Crippen molar-refractivity contribution in [2.24, 2.45) is 0 Å². The first-order valence-electron chi connectivity index (χ1n) is 8.69. The number of aromatic nitrogens is 2. The predicted octanol–water partition coefficient (Wildman–Crippen LogP) is 3.77. The second-order valence-electron chi connectivity index (χ2n) is 7.14. The van der Waals surface area contributed by atoms with Crippen LogP contribution >= 0.6 is 0 Å². The van der Waals surface area contributed by atoms with E-state index in [9.17, 15) is 9.59 Å². The van der Waals surface area contributed by atoms with Crippen LogP contribution in [0.4, 0.5) is 0 Å². The number of benzene rings is 1. The molecule has 0 radical (unpaired) electrons. The molecule has 0 aliphatic carbocycles. The Labute approximate surface area is 151 Å². The van der Waals surface area contributed by atoms with Gasteiger partial charge < -0.3 is 9.47 Å². The van der Waals surface area contributed by atoms with Gasteiger partial charge in [0.2, 0.25) is 5.78 Å². The lowest BCUT2D eigenvalue weighted by atomic mass is 9.87. The third kappa shape index (κ3) is 2.36. The minimum atomic E-state index is -0.300. The van der Waals surface area contributed by atoms with Gasteiger partial charge in [0.25, 0.3) is 0 Å². The Hall–Kier alpha value is -2.89. The van der Waals surface area contributed by atoms with E-state index in [4.69, 9.17) is 9.47 Å². The molecule has 2 aromatic rings. The number of allylic oxidation sites excluding steroid dienone is 2. The first-order valence-corrected chi connectivity index (χ1v) is 8.69. The number of ether oxygens (including phenoxy) is 2. The number of fused-ring (bicyclic) bond motifs is 3. The van der Waals surface area contributed by atoms with Crippen LogP contribution < -0.4 is 9.47 Å². The fourth-order valence-electron chi connectivity index (χ4n) is 3.61. The molecule has 1 aromatic heterocycles. The van der Waals surface area contributed by atoms with Gasteiger partial charge in [0, 0.05) is 29.4 Å². The van der Waals surface area contributed by atoms with Crippen molar-refractivity contribution in [3.05, 3.63) is 52.5 Å². The lowest BCUT2D eigenvalue weighted by molar-refractivity contribution is -0.135. The van der Waals surface area contributed by atoms with E-state index in [1.54, 1.807) is 18.3 Å². The first kappa shape index (κ1) is 16.6. The molecular formula is C20H20N2O4. The molecule has 6 nitrogen and oxygen atoms in total. The molecule has 6 heteroatoms. The van der Waals surface area contributed by atoms with Crippen LogP contribution in [0, 0.1) is 0 Å². The Balaban J connectivity index is 1.93. The summed E-state index contributed by atoms with van der Waals surface area (Å²) in [5.41, 5.74) is 2.98. The molecule has 1 unspecified atom stereocenters. The summed E-state index contributed by atoms with van der Waals surface area (Å²) in [4.78, 5) is 24.8. The monoisotopic (exact) mass is 352 g/mol. The van der Waals surface area contributed by atoms with Crippen molar-refractivity contribution < 1.29 is 19.1 Å². The second-order valence-corrected chi connectivity index (χ2v) is 7.14. The fraction of sp³-hybridized carbons (Fsp3) is 0.350. The van der Waals surface area contributed by atoms with Gasteiger partial charge in [0.1, 0.15) is 11.5 Å². The highest BCUT2D eigenvalue weighted by molar-refractivity contribution is 6.13. The number of esters is 1. The van der Waals surface area contributed by atoms with Gasteiger partial charge in [-0.05, 0) is 51.5 Å². The van der Waals surface area contributed by atoms with Crippen molar-refractivity contribution in [3.8, 4) is 11.5 Å². The molecule has 0 saturated carbocycles. The number of nitrogens with zero attached hydrogens (tertiary/aromatic N) is 2. The Morgan fingerprint density at radius 3 is 2.65 bits per heavy atom. The quantitative estimate of drug-likeness (QED) is 0.467. The second kappa shape index (κ2) is 5.83. The van der Waals surface area contributed by atoms with E-state index in [-0.39, 0.29) is 30.1 Å². The molecule has 1 atom stereocenters. The lowest BCUT2D eigenvalue weighted by Gasteiger charge is -2.27. The zero-order chi connectivity index (χ0) is 18.6. The molecule has 0 fully saturated rings. The fourth-order valence-corrected chi connectivity index (χ4v) is 3.61. The van der Waals surface area contributed by atoms with Gasteiger partial charge in [-0.2, -0.15) is 5.10 Å². The molecule has 0 amide bonds. The number of ketones is 1. The van der Waals surface area contributed by atoms with Crippen LogP contribution in [0.5, 0.6) is 11.5 Å². The Bertz CT molecular complexity index is 964. The standard InChI is InChI=1S/C20H20N2O4/c1-10(2)19-18(24)12-5-6-15-17(20(12)26-19)13(9-16(23)25-15)14-7-8-21-22(14)11(3)4/h5-8,11,13H,9H2,1-4H3. The van der Waals surface area contributed by atoms with E-state index in [1.807, 2.05) is 38.4 Å². The molecule has 4 rings (SSSR count). The minimum Gasteiger partial charge on any atom is -0.452 e. The van der Waals surface area contributed by atoms with Crippen molar-refractivity contribution in [2.75, 3.05) is 0 Å². The molecule has 2 aliphatic rings. The molecular weight excluding hydrogens is 332 g/mol. The molecule has 1 aromatic carbocycles. The highest BCUT2D eigenvalue weighted by Crippen LogP contribution is 2.49. The molecule has 0 spiro atoms. The topological polar surface area (TPSA) is 70.4 Å². The summed E-state index contributed by atoms with van der Waals surface area (Å²) in [5, 5.41) is 4.39. The summed E-state index contributed by atoms with van der Waals surface area (Å²) < 4.78 is 13.3. The summed E-state index contributed by atoms with van der Waals surface area (Å²) >= 11 is 0. The third-order valence-corrected chi connectivity index (χ3v) is 4.76. The van der Waals surface area contributed by atoms with E-state index in [2.05, 4.69) is 5.10 Å². The molecule has 0 bridgehead atoms. The van der Waals surface area contributed by atoms with Gasteiger partial charge in [-0.3, -0.25) is 14.3 Å². The summed E-state index contributed by atoms with van der Waals surface area (Å²) in [6.45, 7) is 7.76. The van der Waals surface area contributed by atoms with Crippen molar-refractivity contribution in [2.45, 2.75) is 46.1 Å². The van der Waals surface area contributed by atoms with Crippen molar-refractivity contribution in [3.63, 3.8) is 0 Å². The molecule has 3 heterocycles. The zero-order valence-electron chi connectivity index (χ0n) is 15.2. The van der Waals surface area contributed by atoms with Gasteiger partial charge in [0.15, 0.2) is 5.76 Å². The number of carbonyl (C=O) groups is 2. The first-order chi connectivity index (χ1) is 12.4. The maximum atomic E-state index is 12.6. The van der Waals surface area contributed by atoms with Crippen LogP contribution in [0.2, 0.25) is 0 Å². The minimum absolute atomic E-state index is 0.129. The number of rotatable bonds is 2. The number of hydrogen-bond donors (Lipinski definition) is 0. The Morgan fingerprint density at radius 1 is 1.19 bits per heavy atom. The Morgan fingerprint density at radius 2 is 1.96 bits per heavy atom. The van der Waals surface area contributed by atoms with E-state index < -0.39 is 0 Å². The van der Waals surface area contributed by atoms with Crippen LogP contribution in [0.1, 0.15) is 67.7 Å². The summed E-state index contributed by atoms with van der Waals surface area (Å²) in [7, 11) is 0. The van der Waals surface area contributed by atoms with Gasteiger partial charge in [-0.1, -0.05) is 0 Å². The lowest BCUT2D eigenvalue weighted by Crippen LogP contribution is -2.24. The zero-order valence-corrected chi connectivity index (χ0v) is 15.2.